The summed E-state index contributed by atoms with van der Waals surface area (Å²) in [5, 5.41) is 3.06. The topological polar surface area (TPSA) is 65.4 Å². The Morgan fingerprint density at radius 2 is 1.75 bits per heavy atom. The maximum Gasteiger partial charge on any atom is 0.251 e. The minimum Gasteiger partial charge on any atom is -0.497 e. The zero-order valence-electron chi connectivity index (χ0n) is 18.8. The summed E-state index contributed by atoms with van der Waals surface area (Å²) < 4.78 is 12.7. The third kappa shape index (κ3) is 4.44. The number of imidazole rings is 1. The van der Waals surface area contributed by atoms with Crippen LogP contribution in [0.25, 0.3) is 11.0 Å². The standard InChI is InChI=1S/C26H27N3O3/c1-17(20-8-11-22(31-3)12-9-20)27-26(30)21-10-13-25-24(15-21)28-18(2)29(25)16-19-6-5-7-23(14-19)32-4/h5-15,17H,16H2,1-4H3,(H,27,30). The predicted octanol–water partition coefficient (Wildman–Crippen LogP) is 4.90. The van der Waals surface area contributed by atoms with Gasteiger partial charge in [-0.1, -0.05) is 24.3 Å². The molecule has 0 aliphatic carbocycles. The van der Waals surface area contributed by atoms with Crippen LogP contribution in [0.15, 0.2) is 66.7 Å². The average molecular weight is 430 g/mol. The first-order valence-corrected chi connectivity index (χ1v) is 10.5. The maximum atomic E-state index is 12.9. The van der Waals surface area contributed by atoms with Crippen LogP contribution in [0.1, 0.15) is 40.3 Å². The zero-order chi connectivity index (χ0) is 22.7. The summed E-state index contributed by atoms with van der Waals surface area (Å²) in [7, 11) is 3.30. The quantitative estimate of drug-likeness (QED) is 0.454. The second-order valence-electron chi connectivity index (χ2n) is 7.77. The number of amides is 1. The Morgan fingerprint density at radius 1 is 1.00 bits per heavy atom. The number of fused-ring (bicyclic) bond motifs is 1. The molecule has 4 rings (SSSR count). The average Bonchev–Trinajstić information content (AvgIpc) is 3.13. The molecule has 0 aliphatic heterocycles. The Hall–Kier alpha value is -3.80. The molecule has 1 unspecified atom stereocenters. The van der Waals surface area contributed by atoms with E-state index in [1.54, 1.807) is 14.2 Å². The normalized spacial score (nSPS) is 11.9. The number of hydrogen-bond acceptors (Lipinski definition) is 4. The van der Waals surface area contributed by atoms with Crippen molar-refractivity contribution in [3.63, 3.8) is 0 Å². The lowest BCUT2D eigenvalue weighted by atomic mass is 10.1. The Bertz CT molecular complexity index is 1250. The number of carbonyl (C=O) groups is 1. The van der Waals surface area contributed by atoms with Gasteiger partial charge in [-0.05, 0) is 67.4 Å². The van der Waals surface area contributed by atoms with Gasteiger partial charge in [0.05, 0.1) is 31.3 Å². The molecular formula is C26H27N3O3. The van der Waals surface area contributed by atoms with Crippen molar-refractivity contribution in [1.82, 2.24) is 14.9 Å². The molecule has 0 saturated carbocycles. The molecule has 0 bridgehead atoms. The Morgan fingerprint density at radius 3 is 2.47 bits per heavy atom. The molecule has 1 atom stereocenters. The summed E-state index contributed by atoms with van der Waals surface area (Å²) in [6.45, 7) is 4.62. The number of hydrogen-bond donors (Lipinski definition) is 1. The van der Waals surface area contributed by atoms with E-state index in [0.29, 0.717) is 12.1 Å². The first kappa shape index (κ1) is 21.4. The van der Waals surface area contributed by atoms with E-state index < -0.39 is 0 Å². The number of nitrogens with one attached hydrogen (secondary N) is 1. The van der Waals surface area contributed by atoms with E-state index >= 15 is 0 Å². The fraction of sp³-hybridized carbons (Fsp3) is 0.231. The summed E-state index contributed by atoms with van der Waals surface area (Å²) in [6, 6.07) is 21.2. The molecule has 1 N–H and O–H groups in total. The van der Waals surface area contributed by atoms with Gasteiger partial charge in [-0.3, -0.25) is 4.79 Å². The van der Waals surface area contributed by atoms with Crippen LogP contribution in [-0.4, -0.2) is 29.7 Å². The van der Waals surface area contributed by atoms with Crippen molar-refractivity contribution in [2.24, 2.45) is 0 Å². The summed E-state index contributed by atoms with van der Waals surface area (Å²) in [5.74, 6) is 2.38. The molecule has 1 heterocycles. The van der Waals surface area contributed by atoms with Crippen LogP contribution < -0.4 is 14.8 Å². The van der Waals surface area contributed by atoms with E-state index in [2.05, 4.69) is 20.9 Å². The molecule has 164 valence electrons. The van der Waals surface area contributed by atoms with Crippen molar-refractivity contribution >= 4 is 16.9 Å². The highest BCUT2D eigenvalue weighted by Crippen LogP contribution is 2.22. The highest BCUT2D eigenvalue weighted by atomic mass is 16.5. The van der Waals surface area contributed by atoms with E-state index in [9.17, 15) is 4.79 Å². The molecular weight excluding hydrogens is 402 g/mol. The fourth-order valence-corrected chi connectivity index (χ4v) is 3.80. The van der Waals surface area contributed by atoms with Gasteiger partial charge in [0, 0.05) is 12.1 Å². The van der Waals surface area contributed by atoms with Gasteiger partial charge in [0.25, 0.3) is 5.91 Å². The number of nitrogens with zero attached hydrogens (tertiary/aromatic N) is 2. The molecule has 0 radical (unpaired) electrons. The predicted molar refractivity (Wildman–Crippen MR) is 125 cm³/mol. The second-order valence-corrected chi connectivity index (χ2v) is 7.77. The van der Waals surface area contributed by atoms with Gasteiger partial charge in [-0.25, -0.2) is 4.98 Å². The number of aromatic nitrogens is 2. The molecule has 3 aromatic carbocycles. The molecule has 0 spiro atoms. The lowest BCUT2D eigenvalue weighted by Crippen LogP contribution is -2.26. The summed E-state index contributed by atoms with van der Waals surface area (Å²) in [6.07, 6.45) is 0. The number of benzene rings is 3. The van der Waals surface area contributed by atoms with E-state index in [-0.39, 0.29) is 11.9 Å². The number of aryl methyl sites for hydroxylation is 1. The molecule has 6 heteroatoms. The van der Waals surface area contributed by atoms with Gasteiger partial charge in [0.2, 0.25) is 0 Å². The van der Waals surface area contributed by atoms with Gasteiger partial charge in [0.1, 0.15) is 17.3 Å². The lowest BCUT2D eigenvalue weighted by molar-refractivity contribution is 0.0940. The number of rotatable bonds is 7. The van der Waals surface area contributed by atoms with Crippen LogP contribution in [0.2, 0.25) is 0 Å². The van der Waals surface area contributed by atoms with Crippen LogP contribution in [-0.2, 0) is 6.54 Å². The Labute approximate surface area is 187 Å². The summed E-state index contributed by atoms with van der Waals surface area (Å²) in [4.78, 5) is 17.6. The monoisotopic (exact) mass is 429 g/mol. The van der Waals surface area contributed by atoms with Crippen LogP contribution in [0.3, 0.4) is 0 Å². The molecule has 0 saturated heterocycles. The van der Waals surface area contributed by atoms with Crippen molar-refractivity contribution in [2.45, 2.75) is 26.4 Å². The largest absolute Gasteiger partial charge is 0.497 e. The van der Waals surface area contributed by atoms with Crippen LogP contribution >= 0.6 is 0 Å². The fourth-order valence-electron chi connectivity index (χ4n) is 3.80. The second kappa shape index (κ2) is 9.14. The third-order valence-electron chi connectivity index (χ3n) is 5.64. The summed E-state index contributed by atoms with van der Waals surface area (Å²) in [5.41, 5.74) is 4.52. The van der Waals surface area contributed by atoms with Crippen molar-refractivity contribution in [3.8, 4) is 11.5 Å². The molecule has 0 aliphatic rings. The van der Waals surface area contributed by atoms with Gasteiger partial charge in [-0.15, -0.1) is 0 Å². The molecule has 6 nitrogen and oxygen atoms in total. The van der Waals surface area contributed by atoms with Crippen molar-refractivity contribution in [3.05, 3.63) is 89.2 Å². The smallest absolute Gasteiger partial charge is 0.251 e. The molecule has 4 aromatic rings. The van der Waals surface area contributed by atoms with E-state index in [1.807, 2.05) is 74.5 Å². The highest BCUT2D eigenvalue weighted by molar-refractivity contribution is 5.97. The Balaban J connectivity index is 1.53. The minimum atomic E-state index is -0.129. The van der Waals surface area contributed by atoms with Crippen molar-refractivity contribution in [2.75, 3.05) is 14.2 Å². The van der Waals surface area contributed by atoms with Crippen LogP contribution in [0, 0.1) is 6.92 Å². The maximum absolute atomic E-state index is 12.9. The zero-order valence-corrected chi connectivity index (χ0v) is 18.8. The van der Waals surface area contributed by atoms with Gasteiger partial charge in [-0.2, -0.15) is 0 Å². The van der Waals surface area contributed by atoms with Crippen molar-refractivity contribution in [1.29, 1.82) is 0 Å². The molecule has 0 fully saturated rings. The van der Waals surface area contributed by atoms with Crippen LogP contribution in [0.5, 0.6) is 11.5 Å². The third-order valence-corrected chi connectivity index (χ3v) is 5.64. The van der Waals surface area contributed by atoms with E-state index in [0.717, 1.165) is 39.5 Å². The number of ether oxygens (including phenoxy) is 2. The van der Waals surface area contributed by atoms with Gasteiger partial charge in [0.15, 0.2) is 0 Å². The number of carbonyl (C=O) groups excluding carboxylic acids is 1. The van der Waals surface area contributed by atoms with Crippen LogP contribution in [0.4, 0.5) is 0 Å². The first-order chi connectivity index (χ1) is 15.5. The van der Waals surface area contributed by atoms with Gasteiger partial charge < -0.3 is 19.4 Å². The minimum absolute atomic E-state index is 0.128. The van der Waals surface area contributed by atoms with Gasteiger partial charge >= 0.3 is 0 Å². The highest BCUT2D eigenvalue weighted by Gasteiger charge is 2.15. The van der Waals surface area contributed by atoms with E-state index in [4.69, 9.17) is 9.47 Å². The first-order valence-electron chi connectivity index (χ1n) is 10.5. The summed E-state index contributed by atoms with van der Waals surface area (Å²) >= 11 is 0. The van der Waals surface area contributed by atoms with Crippen molar-refractivity contribution < 1.29 is 14.3 Å². The lowest BCUT2D eigenvalue weighted by Gasteiger charge is -2.15. The Kier molecular flexibility index (Phi) is 6.12. The molecule has 32 heavy (non-hydrogen) atoms. The number of methoxy groups -OCH3 is 2. The molecule has 1 aromatic heterocycles. The molecule has 1 amide bonds. The SMILES string of the molecule is COc1ccc(C(C)NC(=O)c2ccc3c(c2)nc(C)n3Cc2cccc(OC)c2)cc1. The van der Waals surface area contributed by atoms with E-state index in [1.165, 1.54) is 0 Å².